The van der Waals surface area contributed by atoms with Gasteiger partial charge in [0.15, 0.2) is 0 Å². The van der Waals surface area contributed by atoms with Crippen molar-refractivity contribution in [2.45, 2.75) is 52.3 Å². The molecule has 0 aromatic carbocycles. The summed E-state index contributed by atoms with van der Waals surface area (Å²) in [6, 6.07) is 0.912. The van der Waals surface area contributed by atoms with E-state index in [4.69, 9.17) is 9.15 Å². The standard InChI is InChI=1S/C13H24N4O2/c1-4-18-11-5-10(6-11)15-13-17-16-12(19-13)8-14-7-9(2)3/h9-11,14H,4-8H2,1-3H3,(H,15,17). The van der Waals surface area contributed by atoms with Crippen LogP contribution in [0.2, 0.25) is 0 Å². The molecule has 6 heteroatoms. The van der Waals surface area contributed by atoms with Gasteiger partial charge in [-0.25, -0.2) is 0 Å². The highest BCUT2D eigenvalue weighted by atomic mass is 16.5. The van der Waals surface area contributed by atoms with Crippen molar-refractivity contribution in [1.29, 1.82) is 0 Å². The van der Waals surface area contributed by atoms with Crippen LogP contribution in [0.15, 0.2) is 4.42 Å². The fraction of sp³-hybridized carbons (Fsp3) is 0.846. The minimum Gasteiger partial charge on any atom is -0.407 e. The molecule has 0 aliphatic heterocycles. The lowest BCUT2D eigenvalue weighted by Gasteiger charge is -2.34. The second kappa shape index (κ2) is 6.86. The molecule has 0 bridgehead atoms. The maximum Gasteiger partial charge on any atom is 0.315 e. The molecule has 0 unspecified atom stereocenters. The van der Waals surface area contributed by atoms with Crippen LogP contribution in [0.1, 0.15) is 39.5 Å². The van der Waals surface area contributed by atoms with Gasteiger partial charge in [0.05, 0.1) is 12.6 Å². The van der Waals surface area contributed by atoms with E-state index in [0.29, 0.717) is 36.5 Å². The Balaban J connectivity index is 1.67. The second-order valence-electron chi connectivity index (χ2n) is 5.42. The first-order chi connectivity index (χ1) is 9.17. The van der Waals surface area contributed by atoms with Gasteiger partial charge >= 0.3 is 6.01 Å². The van der Waals surface area contributed by atoms with Crippen LogP contribution in [0.4, 0.5) is 6.01 Å². The third-order valence-electron chi connectivity index (χ3n) is 3.12. The van der Waals surface area contributed by atoms with E-state index < -0.39 is 0 Å². The van der Waals surface area contributed by atoms with Crippen molar-refractivity contribution in [3.63, 3.8) is 0 Å². The molecule has 0 atom stereocenters. The van der Waals surface area contributed by atoms with E-state index >= 15 is 0 Å². The number of ether oxygens (including phenoxy) is 1. The summed E-state index contributed by atoms with van der Waals surface area (Å²) in [5.74, 6) is 1.25. The Morgan fingerprint density at radius 2 is 2.16 bits per heavy atom. The van der Waals surface area contributed by atoms with Crippen LogP contribution in [0, 0.1) is 5.92 Å². The van der Waals surface area contributed by atoms with E-state index in [0.717, 1.165) is 26.0 Å². The molecule has 1 fully saturated rings. The van der Waals surface area contributed by atoms with E-state index in [1.807, 2.05) is 6.92 Å². The first-order valence-electron chi connectivity index (χ1n) is 7.08. The number of anilines is 1. The molecule has 1 aliphatic rings. The SMILES string of the molecule is CCOC1CC(Nc2nnc(CNCC(C)C)o2)C1. The zero-order chi connectivity index (χ0) is 13.7. The Morgan fingerprint density at radius 1 is 1.37 bits per heavy atom. The fourth-order valence-corrected chi connectivity index (χ4v) is 2.08. The zero-order valence-corrected chi connectivity index (χ0v) is 12.0. The monoisotopic (exact) mass is 268 g/mol. The van der Waals surface area contributed by atoms with Gasteiger partial charge in [-0.05, 0) is 32.2 Å². The van der Waals surface area contributed by atoms with Gasteiger partial charge in [0, 0.05) is 12.6 Å². The molecule has 0 saturated heterocycles. The second-order valence-corrected chi connectivity index (χ2v) is 5.42. The summed E-state index contributed by atoms with van der Waals surface area (Å²) >= 11 is 0. The number of nitrogens with zero attached hydrogens (tertiary/aromatic N) is 2. The van der Waals surface area contributed by atoms with E-state index in [1.54, 1.807) is 0 Å². The van der Waals surface area contributed by atoms with E-state index in [2.05, 4.69) is 34.7 Å². The lowest BCUT2D eigenvalue weighted by Crippen LogP contribution is -2.40. The topological polar surface area (TPSA) is 72.2 Å². The van der Waals surface area contributed by atoms with Crippen molar-refractivity contribution in [1.82, 2.24) is 15.5 Å². The maximum absolute atomic E-state index is 5.53. The van der Waals surface area contributed by atoms with Crippen LogP contribution in [0.25, 0.3) is 0 Å². The molecule has 1 aromatic heterocycles. The van der Waals surface area contributed by atoms with Crippen molar-refractivity contribution in [3.8, 4) is 0 Å². The smallest absolute Gasteiger partial charge is 0.315 e. The van der Waals surface area contributed by atoms with E-state index in [1.165, 1.54) is 0 Å². The Labute approximate surface area is 114 Å². The molecule has 0 amide bonds. The van der Waals surface area contributed by atoms with Gasteiger partial charge < -0.3 is 19.8 Å². The number of aromatic nitrogens is 2. The summed E-state index contributed by atoms with van der Waals surface area (Å²) in [4.78, 5) is 0. The highest BCUT2D eigenvalue weighted by molar-refractivity contribution is 5.21. The Kier molecular flexibility index (Phi) is 5.15. The van der Waals surface area contributed by atoms with Crippen LogP contribution in [0.5, 0.6) is 0 Å². The zero-order valence-electron chi connectivity index (χ0n) is 12.0. The average molecular weight is 268 g/mol. The summed E-state index contributed by atoms with van der Waals surface area (Å²) in [5, 5.41) is 14.5. The van der Waals surface area contributed by atoms with Crippen molar-refractivity contribution in [2.24, 2.45) is 5.92 Å². The number of rotatable bonds is 8. The largest absolute Gasteiger partial charge is 0.407 e. The summed E-state index contributed by atoms with van der Waals surface area (Å²) in [7, 11) is 0. The molecule has 2 rings (SSSR count). The number of hydrogen-bond donors (Lipinski definition) is 2. The minimum absolute atomic E-state index is 0.387. The van der Waals surface area contributed by atoms with Gasteiger partial charge in [-0.15, -0.1) is 5.10 Å². The highest BCUT2D eigenvalue weighted by Crippen LogP contribution is 2.26. The normalized spacial score (nSPS) is 22.5. The average Bonchev–Trinajstić information content (AvgIpc) is 2.74. The Morgan fingerprint density at radius 3 is 2.84 bits per heavy atom. The van der Waals surface area contributed by atoms with Gasteiger partial charge in [0.25, 0.3) is 0 Å². The van der Waals surface area contributed by atoms with Crippen molar-refractivity contribution in [2.75, 3.05) is 18.5 Å². The Hall–Kier alpha value is -1.14. The van der Waals surface area contributed by atoms with Crippen LogP contribution in [0.3, 0.4) is 0 Å². The molecule has 0 spiro atoms. The Bertz CT molecular complexity index is 374. The number of hydrogen-bond acceptors (Lipinski definition) is 6. The van der Waals surface area contributed by atoms with Crippen LogP contribution < -0.4 is 10.6 Å². The molecule has 2 N–H and O–H groups in total. The molecular weight excluding hydrogens is 244 g/mol. The fourth-order valence-electron chi connectivity index (χ4n) is 2.08. The molecular formula is C13H24N4O2. The minimum atomic E-state index is 0.387. The van der Waals surface area contributed by atoms with Crippen molar-refractivity contribution >= 4 is 6.01 Å². The molecule has 19 heavy (non-hydrogen) atoms. The van der Waals surface area contributed by atoms with Gasteiger partial charge in [-0.1, -0.05) is 18.9 Å². The van der Waals surface area contributed by atoms with Gasteiger partial charge in [-0.2, -0.15) is 0 Å². The van der Waals surface area contributed by atoms with E-state index in [9.17, 15) is 0 Å². The first-order valence-corrected chi connectivity index (χ1v) is 7.08. The summed E-state index contributed by atoms with van der Waals surface area (Å²) in [6.07, 6.45) is 2.41. The first kappa shape index (κ1) is 14.3. The molecule has 0 radical (unpaired) electrons. The van der Waals surface area contributed by atoms with Crippen molar-refractivity contribution < 1.29 is 9.15 Å². The third kappa shape index (κ3) is 4.47. The van der Waals surface area contributed by atoms with Gasteiger partial charge in [-0.3, -0.25) is 0 Å². The number of nitrogens with one attached hydrogen (secondary N) is 2. The lowest BCUT2D eigenvalue weighted by atomic mass is 9.89. The van der Waals surface area contributed by atoms with E-state index in [-0.39, 0.29) is 0 Å². The predicted octanol–water partition coefficient (Wildman–Crippen LogP) is 1.79. The lowest BCUT2D eigenvalue weighted by molar-refractivity contribution is 0.00255. The summed E-state index contributed by atoms with van der Waals surface area (Å²) < 4.78 is 11.0. The van der Waals surface area contributed by atoms with Gasteiger partial charge in [0.1, 0.15) is 0 Å². The maximum atomic E-state index is 5.53. The van der Waals surface area contributed by atoms with Gasteiger partial charge in [0.2, 0.25) is 5.89 Å². The quantitative estimate of drug-likeness (QED) is 0.749. The molecule has 1 aliphatic carbocycles. The molecule has 1 aromatic rings. The van der Waals surface area contributed by atoms with Crippen LogP contribution in [-0.4, -0.2) is 35.5 Å². The molecule has 6 nitrogen and oxygen atoms in total. The third-order valence-corrected chi connectivity index (χ3v) is 3.12. The highest BCUT2D eigenvalue weighted by Gasteiger charge is 2.30. The van der Waals surface area contributed by atoms with Crippen molar-refractivity contribution in [3.05, 3.63) is 5.89 Å². The molecule has 108 valence electrons. The summed E-state index contributed by atoms with van der Waals surface area (Å²) in [6.45, 7) is 8.71. The van der Waals surface area contributed by atoms with Crippen LogP contribution in [-0.2, 0) is 11.3 Å². The van der Waals surface area contributed by atoms with Crippen LogP contribution >= 0.6 is 0 Å². The molecule has 1 heterocycles. The summed E-state index contributed by atoms with van der Waals surface area (Å²) in [5.41, 5.74) is 0. The molecule has 1 saturated carbocycles. The predicted molar refractivity (Wildman–Crippen MR) is 72.9 cm³/mol.